The molecule has 0 saturated heterocycles. The van der Waals surface area contributed by atoms with Crippen molar-refractivity contribution in [3.8, 4) is 0 Å². The van der Waals surface area contributed by atoms with Crippen LogP contribution in [0.15, 0.2) is 39.8 Å². The van der Waals surface area contributed by atoms with E-state index < -0.39 is 0 Å². The molecular weight excluding hydrogens is 244 g/mol. The molecule has 0 bridgehead atoms. The van der Waals surface area contributed by atoms with E-state index in [1.165, 1.54) is 10.5 Å². The molecule has 0 radical (unpaired) electrons. The third-order valence-corrected chi connectivity index (χ3v) is 3.46. The molecule has 1 aromatic heterocycles. The molecule has 0 N–H and O–H groups in total. The van der Waals surface area contributed by atoms with Crippen LogP contribution in [0.5, 0.6) is 0 Å². The largest absolute Gasteiger partial charge is 0.360 e. The van der Waals surface area contributed by atoms with E-state index in [1.807, 2.05) is 13.0 Å². The Kier molecular flexibility index (Phi) is 4.44. The van der Waals surface area contributed by atoms with Gasteiger partial charge >= 0.3 is 0 Å². The van der Waals surface area contributed by atoms with Crippen LogP contribution in [0, 0.1) is 6.92 Å². The van der Waals surface area contributed by atoms with Crippen LogP contribution in [0.2, 0.25) is 0 Å². The predicted octanol–water partition coefficient (Wildman–Crippen LogP) is 3.34. The molecule has 1 heterocycles. The fraction of sp³-hybridized carbons (Fsp3) is 0.357. The van der Waals surface area contributed by atoms with Gasteiger partial charge in [0.2, 0.25) is 0 Å². The number of hydrogen-bond acceptors (Lipinski definition) is 4. The lowest BCUT2D eigenvalue weighted by molar-refractivity contribution is 0.266. The van der Waals surface area contributed by atoms with E-state index in [9.17, 15) is 0 Å². The fourth-order valence-electron chi connectivity index (χ4n) is 1.86. The molecule has 0 aliphatic carbocycles. The molecule has 0 unspecified atom stereocenters. The lowest BCUT2D eigenvalue weighted by Crippen LogP contribution is -2.16. The highest BCUT2D eigenvalue weighted by molar-refractivity contribution is 7.98. The quantitative estimate of drug-likeness (QED) is 0.773. The zero-order chi connectivity index (χ0) is 13.0. The van der Waals surface area contributed by atoms with Crippen LogP contribution in [0.1, 0.15) is 17.0 Å². The van der Waals surface area contributed by atoms with Crippen LogP contribution in [0.3, 0.4) is 0 Å². The third kappa shape index (κ3) is 3.62. The van der Waals surface area contributed by atoms with Crippen molar-refractivity contribution < 1.29 is 4.52 Å². The van der Waals surface area contributed by atoms with Crippen LogP contribution in [0.4, 0.5) is 0 Å². The second kappa shape index (κ2) is 6.07. The fourth-order valence-corrected chi connectivity index (χ4v) is 2.26. The standard InChI is InChI=1S/C14H18N2OS/c1-11-8-13(17-15-11)10-16(2)9-12-4-6-14(18-3)7-5-12/h4-8H,9-10H2,1-3H3. The van der Waals surface area contributed by atoms with Crippen molar-refractivity contribution in [1.82, 2.24) is 10.1 Å². The van der Waals surface area contributed by atoms with Gasteiger partial charge in [-0.05, 0) is 37.9 Å². The molecule has 0 spiro atoms. The lowest BCUT2D eigenvalue weighted by atomic mass is 10.2. The second-order valence-corrected chi connectivity index (χ2v) is 5.33. The van der Waals surface area contributed by atoms with E-state index in [-0.39, 0.29) is 0 Å². The molecule has 0 saturated carbocycles. The molecule has 4 heteroatoms. The van der Waals surface area contributed by atoms with Crippen LogP contribution in [-0.4, -0.2) is 23.4 Å². The summed E-state index contributed by atoms with van der Waals surface area (Å²) in [5.74, 6) is 0.913. The zero-order valence-corrected chi connectivity index (χ0v) is 11.8. The highest BCUT2D eigenvalue weighted by Gasteiger charge is 2.06. The van der Waals surface area contributed by atoms with Crippen LogP contribution < -0.4 is 0 Å². The Labute approximate surface area is 112 Å². The molecule has 18 heavy (non-hydrogen) atoms. The van der Waals surface area contributed by atoms with E-state index in [2.05, 4.69) is 47.6 Å². The minimum atomic E-state index is 0.783. The summed E-state index contributed by atoms with van der Waals surface area (Å²) in [6.45, 7) is 3.63. The molecule has 1 aromatic carbocycles. The first-order valence-corrected chi connectivity index (χ1v) is 7.13. The molecule has 0 aliphatic rings. The van der Waals surface area contributed by atoms with Crippen molar-refractivity contribution in [2.24, 2.45) is 0 Å². The van der Waals surface area contributed by atoms with E-state index in [0.29, 0.717) is 0 Å². The molecule has 0 aliphatic heterocycles. The van der Waals surface area contributed by atoms with Gasteiger partial charge in [-0.2, -0.15) is 0 Å². The summed E-state index contributed by atoms with van der Waals surface area (Å²) >= 11 is 1.76. The van der Waals surface area contributed by atoms with Crippen molar-refractivity contribution in [2.45, 2.75) is 24.9 Å². The van der Waals surface area contributed by atoms with Gasteiger partial charge in [0.15, 0.2) is 5.76 Å². The van der Waals surface area contributed by atoms with Gasteiger partial charge in [0, 0.05) is 17.5 Å². The number of aromatic nitrogens is 1. The summed E-state index contributed by atoms with van der Waals surface area (Å²) in [7, 11) is 2.08. The number of hydrogen-bond donors (Lipinski definition) is 0. The first-order valence-electron chi connectivity index (χ1n) is 5.91. The third-order valence-electron chi connectivity index (χ3n) is 2.71. The minimum Gasteiger partial charge on any atom is -0.360 e. The van der Waals surface area contributed by atoms with Gasteiger partial charge in [-0.1, -0.05) is 17.3 Å². The van der Waals surface area contributed by atoms with Gasteiger partial charge in [0.25, 0.3) is 0 Å². The summed E-state index contributed by atoms with van der Waals surface area (Å²) in [6.07, 6.45) is 2.09. The monoisotopic (exact) mass is 262 g/mol. The van der Waals surface area contributed by atoms with Crippen molar-refractivity contribution >= 4 is 11.8 Å². The van der Waals surface area contributed by atoms with Gasteiger partial charge in [-0.3, -0.25) is 4.90 Å². The summed E-state index contributed by atoms with van der Waals surface area (Å²) in [5, 5.41) is 3.89. The van der Waals surface area contributed by atoms with E-state index >= 15 is 0 Å². The Hall–Kier alpha value is -1.26. The lowest BCUT2D eigenvalue weighted by Gasteiger charge is -2.14. The van der Waals surface area contributed by atoms with Gasteiger partial charge in [0.1, 0.15) is 0 Å². The first kappa shape index (κ1) is 13.2. The average Bonchev–Trinajstić information content (AvgIpc) is 2.75. The summed E-state index contributed by atoms with van der Waals surface area (Å²) in [4.78, 5) is 3.51. The van der Waals surface area contributed by atoms with Gasteiger partial charge in [0.05, 0.1) is 12.2 Å². The van der Waals surface area contributed by atoms with Crippen molar-refractivity contribution in [3.05, 3.63) is 47.3 Å². The van der Waals surface area contributed by atoms with Crippen molar-refractivity contribution in [3.63, 3.8) is 0 Å². The Morgan fingerprint density at radius 1 is 1.22 bits per heavy atom. The predicted molar refractivity (Wildman–Crippen MR) is 74.6 cm³/mol. The summed E-state index contributed by atoms with van der Waals surface area (Å²) in [5.41, 5.74) is 2.24. The number of nitrogens with zero attached hydrogens (tertiary/aromatic N) is 2. The number of rotatable bonds is 5. The molecule has 0 amide bonds. The average molecular weight is 262 g/mol. The molecule has 96 valence electrons. The van der Waals surface area contributed by atoms with Gasteiger partial charge in [-0.25, -0.2) is 0 Å². The number of benzene rings is 1. The maximum absolute atomic E-state index is 5.21. The van der Waals surface area contributed by atoms with Gasteiger partial charge in [-0.15, -0.1) is 11.8 Å². The second-order valence-electron chi connectivity index (χ2n) is 4.45. The minimum absolute atomic E-state index is 0.783. The summed E-state index contributed by atoms with van der Waals surface area (Å²) < 4.78 is 5.21. The summed E-state index contributed by atoms with van der Waals surface area (Å²) in [6, 6.07) is 10.6. The van der Waals surface area contributed by atoms with E-state index in [1.54, 1.807) is 11.8 Å². The maximum Gasteiger partial charge on any atom is 0.150 e. The van der Waals surface area contributed by atoms with Crippen LogP contribution in [0.25, 0.3) is 0 Å². The molecule has 2 aromatic rings. The molecule has 2 rings (SSSR count). The van der Waals surface area contributed by atoms with E-state index in [0.717, 1.165) is 24.5 Å². The maximum atomic E-state index is 5.21. The van der Waals surface area contributed by atoms with Crippen LogP contribution in [-0.2, 0) is 13.1 Å². The zero-order valence-electron chi connectivity index (χ0n) is 11.0. The molecular formula is C14H18N2OS. The van der Waals surface area contributed by atoms with Gasteiger partial charge < -0.3 is 4.52 Å². The van der Waals surface area contributed by atoms with Crippen LogP contribution >= 0.6 is 11.8 Å². The van der Waals surface area contributed by atoms with Crippen molar-refractivity contribution in [2.75, 3.05) is 13.3 Å². The molecule has 0 fully saturated rings. The Balaban J connectivity index is 1.91. The Morgan fingerprint density at radius 2 is 1.94 bits per heavy atom. The molecule has 0 atom stereocenters. The normalized spacial score (nSPS) is 11.1. The Bertz CT molecular complexity index is 493. The molecule has 3 nitrogen and oxygen atoms in total. The highest BCUT2D eigenvalue weighted by Crippen LogP contribution is 2.16. The SMILES string of the molecule is CSc1ccc(CN(C)Cc2cc(C)no2)cc1. The first-order chi connectivity index (χ1) is 8.67. The van der Waals surface area contributed by atoms with Crippen molar-refractivity contribution in [1.29, 1.82) is 0 Å². The highest BCUT2D eigenvalue weighted by atomic mass is 32.2. The number of aryl methyl sites for hydroxylation is 1. The Morgan fingerprint density at radius 3 is 2.50 bits per heavy atom. The number of thioether (sulfide) groups is 1. The van der Waals surface area contributed by atoms with E-state index in [4.69, 9.17) is 4.52 Å². The topological polar surface area (TPSA) is 29.3 Å². The smallest absolute Gasteiger partial charge is 0.150 e.